The molecule has 0 bridgehead atoms. The summed E-state index contributed by atoms with van der Waals surface area (Å²) < 4.78 is 1.88. The maximum absolute atomic E-state index is 10.00. The third kappa shape index (κ3) is 2.13. The smallest absolute Gasteiger partial charge is 0.0771 e. The minimum atomic E-state index is -0.454. The van der Waals surface area contributed by atoms with Crippen molar-refractivity contribution < 1.29 is 5.11 Å². The Morgan fingerprint density at radius 2 is 2.31 bits per heavy atom. The fourth-order valence-electron chi connectivity index (χ4n) is 2.16. The van der Waals surface area contributed by atoms with Crippen molar-refractivity contribution in [3.63, 3.8) is 0 Å². The van der Waals surface area contributed by atoms with Gasteiger partial charge in [0.15, 0.2) is 0 Å². The van der Waals surface area contributed by atoms with Crippen LogP contribution < -0.4 is 5.32 Å². The summed E-state index contributed by atoms with van der Waals surface area (Å²) in [6, 6.07) is 0.248. The lowest BCUT2D eigenvalue weighted by Gasteiger charge is -2.37. The van der Waals surface area contributed by atoms with Crippen molar-refractivity contribution in [2.45, 2.75) is 44.8 Å². The molecule has 0 radical (unpaired) electrons. The first kappa shape index (κ1) is 11.6. The Labute approximate surface area is 96.7 Å². The van der Waals surface area contributed by atoms with Gasteiger partial charge in [0.25, 0.3) is 0 Å². The molecule has 16 heavy (non-hydrogen) atoms. The van der Waals surface area contributed by atoms with E-state index in [1.165, 1.54) is 11.3 Å². The summed E-state index contributed by atoms with van der Waals surface area (Å²) in [4.78, 5) is 0. The Hall–Kier alpha value is -0.870. The summed E-state index contributed by atoms with van der Waals surface area (Å²) in [7, 11) is 1.95. The van der Waals surface area contributed by atoms with Gasteiger partial charge in [-0.1, -0.05) is 0 Å². The Morgan fingerprint density at radius 3 is 2.75 bits per heavy atom. The second-order valence-electron chi connectivity index (χ2n) is 4.99. The molecule has 2 N–H and O–H groups in total. The Balaban J connectivity index is 1.92. The van der Waals surface area contributed by atoms with Gasteiger partial charge in [-0.15, -0.1) is 0 Å². The lowest BCUT2D eigenvalue weighted by atomic mass is 9.80. The van der Waals surface area contributed by atoms with Crippen molar-refractivity contribution in [3.05, 3.63) is 17.5 Å². The number of hydrogen-bond donors (Lipinski definition) is 2. The normalized spacial score (nSPS) is 20.5. The zero-order valence-corrected chi connectivity index (χ0v) is 10.3. The molecule has 1 aliphatic carbocycles. The van der Waals surface area contributed by atoms with Crippen LogP contribution in [0, 0.1) is 6.92 Å². The van der Waals surface area contributed by atoms with Gasteiger partial charge in [-0.3, -0.25) is 4.68 Å². The zero-order chi connectivity index (χ0) is 11.8. The van der Waals surface area contributed by atoms with Crippen molar-refractivity contribution in [1.82, 2.24) is 15.1 Å². The van der Waals surface area contributed by atoms with Crippen LogP contribution in [0.2, 0.25) is 0 Å². The van der Waals surface area contributed by atoms with Crippen LogP contribution in [-0.2, 0) is 7.05 Å². The summed E-state index contributed by atoms with van der Waals surface area (Å²) >= 11 is 0. The van der Waals surface area contributed by atoms with Crippen LogP contribution in [0.4, 0.5) is 0 Å². The van der Waals surface area contributed by atoms with Crippen molar-refractivity contribution in [2.75, 3.05) is 6.54 Å². The van der Waals surface area contributed by atoms with Gasteiger partial charge in [-0.25, -0.2) is 0 Å². The number of nitrogens with one attached hydrogen (secondary N) is 1. The topological polar surface area (TPSA) is 50.1 Å². The van der Waals surface area contributed by atoms with E-state index in [4.69, 9.17) is 0 Å². The standard InChI is InChI=1S/C12H21N3O/c1-9(11-7-14-15(3)10(11)2)13-8-12(16)5-4-6-12/h7,9,13,16H,4-6,8H2,1-3H3. The minimum absolute atomic E-state index is 0.248. The number of nitrogens with zero attached hydrogens (tertiary/aromatic N) is 2. The first-order valence-corrected chi connectivity index (χ1v) is 5.96. The fourth-order valence-corrected chi connectivity index (χ4v) is 2.16. The molecule has 90 valence electrons. The summed E-state index contributed by atoms with van der Waals surface area (Å²) in [5, 5.41) is 17.6. The highest BCUT2D eigenvalue weighted by Gasteiger charge is 2.34. The average Bonchev–Trinajstić information content (AvgIpc) is 2.54. The third-order valence-electron chi connectivity index (χ3n) is 3.76. The molecule has 0 saturated heterocycles. The fraction of sp³-hybridized carbons (Fsp3) is 0.750. The quantitative estimate of drug-likeness (QED) is 0.809. The summed E-state index contributed by atoms with van der Waals surface area (Å²) in [5.41, 5.74) is 1.94. The highest BCUT2D eigenvalue weighted by Crippen LogP contribution is 2.31. The Morgan fingerprint density at radius 1 is 1.62 bits per heavy atom. The lowest BCUT2D eigenvalue weighted by molar-refractivity contribution is -0.0329. The number of hydrogen-bond acceptors (Lipinski definition) is 3. The van der Waals surface area contributed by atoms with Crippen LogP contribution >= 0.6 is 0 Å². The predicted octanol–water partition coefficient (Wildman–Crippen LogP) is 1.29. The van der Waals surface area contributed by atoms with Gasteiger partial charge in [-0.2, -0.15) is 5.10 Å². The maximum atomic E-state index is 10.00. The van der Waals surface area contributed by atoms with Crippen LogP contribution in [0.5, 0.6) is 0 Å². The molecule has 1 atom stereocenters. The van der Waals surface area contributed by atoms with Gasteiger partial charge in [0.1, 0.15) is 0 Å². The molecule has 1 aromatic heterocycles. The highest BCUT2D eigenvalue weighted by atomic mass is 16.3. The molecule has 0 spiro atoms. The number of rotatable bonds is 4. The monoisotopic (exact) mass is 223 g/mol. The van der Waals surface area contributed by atoms with Gasteiger partial charge in [0, 0.05) is 30.9 Å². The Bertz CT molecular complexity index is 368. The lowest BCUT2D eigenvalue weighted by Crippen LogP contribution is -2.46. The van der Waals surface area contributed by atoms with Crippen LogP contribution in [0.15, 0.2) is 6.20 Å². The molecule has 0 aliphatic heterocycles. The molecule has 1 fully saturated rings. The van der Waals surface area contributed by atoms with E-state index in [1.54, 1.807) is 0 Å². The molecule has 1 unspecified atom stereocenters. The van der Waals surface area contributed by atoms with Crippen LogP contribution in [0.25, 0.3) is 0 Å². The zero-order valence-electron chi connectivity index (χ0n) is 10.3. The van der Waals surface area contributed by atoms with E-state index in [0.29, 0.717) is 6.54 Å². The predicted molar refractivity (Wildman–Crippen MR) is 63.2 cm³/mol. The summed E-state index contributed by atoms with van der Waals surface area (Å²) in [5.74, 6) is 0. The molecule has 2 rings (SSSR count). The van der Waals surface area contributed by atoms with Crippen molar-refractivity contribution >= 4 is 0 Å². The highest BCUT2D eigenvalue weighted by molar-refractivity contribution is 5.19. The summed E-state index contributed by atoms with van der Waals surface area (Å²) in [6.45, 7) is 4.87. The first-order valence-electron chi connectivity index (χ1n) is 5.96. The molecular weight excluding hydrogens is 202 g/mol. The first-order chi connectivity index (χ1) is 7.52. The number of aryl methyl sites for hydroxylation is 1. The molecule has 1 saturated carbocycles. The van der Waals surface area contributed by atoms with Crippen molar-refractivity contribution in [1.29, 1.82) is 0 Å². The molecule has 4 heteroatoms. The van der Waals surface area contributed by atoms with Gasteiger partial charge in [-0.05, 0) is 33.1 Å². The molecule has 0 aromatic carbocycles. The van der Waals surface area contributed by atoms with Gasteiger partial charge in [0.05, 0.1) is 11.8 Å². The van der Waals surface area contributed by atoms with Crippen LogP contribution in [0.3, 0.4) is 0 Å². The molecule has 4 nitrogen and oxygen atoms in total. The van der Waals surface area contributed by atoms with Gasteiger partial charge < -0.3 is 10.4 Å². The molecule has 1 heterocycles. The SMILES string of the molecule is Cc1c(C(C)NCC2(O)CCC2)cnn1C. The largest absolute Gasteiger partial charge is 0.389 e. The number of aromatic nitrogens is 2. The second kappa shape index (κ2) is 4.18. The van der Waals surface area contributed by atoms with Crippen LogP contribution in [0.1, 0.15) is 43.5 Å². The van der Waals surface area contributed by atoms with Crippen LogP contribution in [-0.4, -0.2) is 27.0 Å². The average molecular weight is 223 g/mol. The number of aliphatic hydroxyl groups is 1. The maximum Gasteiger partial charge on any atom is 0.0771 e. The molecule has 1 aliphatic rings. The minimum Gasteiger partial charge on any atom is -0.389 e. The van der Waals surface area contributed by atoms with E-state index < -0.39 is 5.60 Å². The van der Waals surface area contributed by atoms with E-state index in [9.17, 15) is 5.11 Å². The summed E-state index contributed by atoms with van der Waals surface area (Å²) in [6.07, 6.45) is 4.91. The van der Waals surface area contributed by atoms with E-state index in [-0.39, 0.29) is 6.04 Å². The van der Waals surface area contributed by atoms with E-state index >= 15 is 0 Å². The van der Waals surface area contributed by atoms with E-state index in [0.717, 1.165) is 19.3 Å². The molecule has 0 amide bonds. The molecular formula is C12H21N3O. The molecule has 1 aromatic rings. The van der Waals surface area contributed by atoms with Gasteiger partial charge in [0.2, 0.25) is 0 Å². The van der Waals surface area contributed by atoms with Crippen molar-refractivity contribution in [2.24, 2.45) is 7.05 Å². The third-order valence-corrected chi connectivity index (χ3v) is 3.76. The van der Waals surface area contributed by atoms with Gasteiger partial charge >= 0.3 is 0 Å². The Kier molecular flexibility index (Phi) is 3.04. The second-order valence-corrected chi connectivity index (χ2v) is 4.99. The van der Waals surface area contributed by atoms with E-state index in [1.807, 2.05) is 17.9 Å². The van der Waals surface area contributed by atoms with Crippen molar-refractivity contribution in [3.8, 4) is 0 Å². The van der Waals surface area contributed by atoms with E-state index in [2.05, 4.69) is 24.3 Å².